The monoisotopic (exact) mass is 1570 g/mol. The molecule has 594 valence electrons. The van der Waals surface area contributed by atoms with Crippen LogP contribution < -0.4 is 49.0 Å². The molecule has 0 bridgehead atoms. The first-order valence-corrected chi connectivity index (χ1v) is 39.3. The zero-order valence-corrected chi connectivity index (χ0v) is 72.5. The number of hydrogen-bond acceptors (Lipinski definition) is 15. The molecule has 0 aliphatic carbocycles. The topological polar surface area (TPSA) is 173 Å². The van der Waals surface area contributed by atoms with Gasteiger partial charge >= 0.3 is 0 Å². The number of aryl methyl sites for hydroxylation is 12. The van der Waals surface area contributed by atoms with E-state index in [0.29, 0.717) is 56.3 Å². The number of anilines is 15. The lowest BCUT2D eigenvalue weighted by Crippen LogP contribution is -2.36. The van der Waals surface area contributed by atoms with Gasteiger partial charge in [0.1, 0.15) is 61.2 Å². The number of hydrogen-bond donors (Lipinski definition) is 0. The summed E-state index contributed by atoms with van der Waals surface area (Å²) < 4.78 is 0. The quantitative estimate of drug-likeness (QED) is 0.149. The average molecular weight is 1570 g/mol. The molecule has 5 heterocycles. The van der Waals surface area contributed by atoms with Gasteiger partial charge in [-0.3, -0.25) is 0 Å². The molecule has 5 aliphatic heterocycles. The third-order valence-electron chi connectivity index (χ3n) is 24.2. The van der Waals surface area contributed by atoms with Crippen molar-refractivity contribution < 1.29 is 0 Å². The number of rotatable bonds is 5. The summed E-state index contributed by atoms with van der Waals surface area (Å²) in [5, 5.41) is 47.6. The van der Waals surface area contributed by atoms with Crippen LogP contribution in [0, 0.1) is 186 Å². The minimum absolute atomic E-state index is 0.0762. The smallest absolute Gasteiger partial charge is 0.190 e. The van der Waals surface area contributed by atoms with E-state index >= 15 is 0 Å². The summed E-state index contributed by atoms with van der Waals surface area (Å²) in [6.45, 7) is 76.8. The number of fused-ring (bicyclic) bond motifs is 5. The number of benzene rings is 10. The van der Waals surface area contributed by atoms with Crippen molar-refractivity contribution >= 4 is 114 Å². The van der Waals surface area contributed by atoms with Crippen LogP contribution in [0.5, 0.6) is 0 Å². The molecule has 5 aliphatic rings. The van der Waals surface area contributed by atoms with Gasteiger partial charge in [-0.15, -0.1) is 0 Å². The van der Waals surface area contributed by atoms with Crippen molar-refractivity contribution in [2.45, 2.75) is 162 Å². The van der Waals surface area contributed by atoms with Crippen molar-refractivity contribution in [2.24, 2.45) is 0 Å². The second kappa shape index (κ2) is 33.9. The zero-order chi connectivity index (χ0) is 87.1. The van der Waals surface area contributed by atoms with Gasteiger partial charge in [0, 0.05) is 63.7 Å². The minimum atomic E-state index is 0.0762. The van der Waals surface area contributed by atoms with Crippen LogP contribution in [0.4, 0.5) is 114 Å². The molecular formula is C99H98N20. The summed E-state index contributed by atoms with van der Waals surface area (Å²) in [7, 11) is 10.00. The molecule has 0 amide bonds. The lowest BCUT2D eigenvalue weighted by atomic mass is 10.0. The third-order valence-corrected chi connectivity index (χ3v) is 24.2. The van der Waals surface area contributed by atoms with E-state index in [1.54, 1.807) is 30.3 Å². The summed E-state index contributed by atoms with van der Waals surface area (Å²) in [5.74, 6) is 0. The summed E-state index contributed by atoms with van der Waals surface area (Å²) in [6.07, 6.45) is 0.389. The lowest BCUT2D eigenvalue weighted by molar-refractivity contribution is 0.730. The van der Waals surface area contributed by atoms with E-state index in [9.17, 15) is 26.3 Å². The number of nitrogens with zero attached hydrogens (tertiary/aromatic N) is 20. The molecule has 20 heteroatoms. The van der Waals surface area contributed by atoms with E-state index in [4.69, 9.17) is 32.9 Å². The molecule has 10 aromatic carbocycles. The molecule has 0 aromatic heterocycles. The summed E-state index contributed by atoms with van der Waals surface area (Å²) >= 11 is 0. The van der Waals surface area contributed by atoms with Crippen molar-refractivity contribution in [3.05, 3.63) is 290 Å². The average Bonchev–Trinajstić information content (AvgIpc) is 1.61. The summed E-state index contributed by atoms with van der Waals surface area (Å²) in [4.78, 5) is 39.5. The van der Waals surface area contributed by atoms with Crippen LogP contribution >= 0.6 is 0 Å². The summed E-state index contributed by atoms with van der Waals surface area (Å²) in [6, 6.07) is 52.7. The Bertz CT molecular complexity index is 6250. The second-order valence-electron chi connectivity index (χ2n) is 31.6. The Hall–Kier alpha value is -14.9. The molecular weight excluding hydrogens is 1470 g/mol. The van der Waals surface area contributed by atoms with E-state index in [2.05, 4.69) is 302 Å². The van der Waals surface area contributed by atoms with Crippen LogP contribution in [0.1, 0.15) is 140 Å². The highest BCUT2D eigenvalue weighted by atomic mass is 15.4. The molecule has 0 radical (unpaired) electrons. The van der Waals surface area contributed by atoms with Crippen LogP contribution in [0.25, 0.3) is 24.2 Å². The fourth-order valence-electron chi connectivity index (χ4n) is 17.5. The van der Waals surface area contributed by atoms with Crippen molar-refractivity contribution in [3.63, 3.8) is 0 Å². The first kappa shape index (κ1) is 85.0. The van der Waals surface area contributed by atoms with Crippen LogP contribution in [-0.2, 0) is 0 Å². The molecule has 0 fully saturated rings. The highest BCUT2D eigenvalue weighted by Crippen LogP contribution is 2.55. The Labute approximate surface area is 703 Å². The molecule has 0 unspecified atom stereocenters. The predicted molar refractivity (Wildman–Crippen MR) is 486 cm³/mol. The number of nitriles is 5. The molecule has 0 saturated heterocycles. The highest BCUT2D eigenvalue weighted by Gasteiger charge is 2.41. The van der Waals surface area contributed by atoms with Gasteiger partial charge in [-0.05, 0) is 277 Å². The first-order chi connectivity index (χ1) is 56.5. The van der Waals surface area contributed by atoms with E-state index in [0.717, 1.165) is 79.6 Å². The molecule has 5 atom stereocenters. The third kappa shape index (κ3) is 15.1. The fraction of sp³-hybridized carbons (Fsp3) is 0.293. The van der Waals surface area contributed by atoms with Gasteiger partial charge in [0.15, 0.2) is 28.4 Å². The van der Waals surface area contributed by atoms with Crippen molar-refractivity contribution in [3.8, 4) is 30.3 Å². The van der Waals surface area contributed by atoms with Gasteiger partial charge < -0.3 is 49.0 Å². The van der Waals surface area contributed by atoms with Gasteiger partial charge in [0.2, 0.25) is 0 Å². The minimum Gasteiger partial charge on any atom is -0.352 e. The van der Waals surface area contributed by atoms with Gasteiger partial charge in [-0.25, -0.2) is 24.2 Å². The standard InChI is InChI=1S/4C20H20N4.C19H18N4/c1-12-7-14(3)18(8-13(12)2)24-15(4)23(6)20-16(11-21)9-17(22-5)10-19(20)24;1-12-7-13(2)14(3)18(8-12)24-15(4)23(6)20-16(11-21)9-17(22-5)10-19(20)24;1-12-7-13(2)19(14(3)8-12)24-15(4)23(6)20-16(11-21)9-17(22-5)10-18(20)24;1-12-7-8-13(2)19(14(12)3)24-15(4)23(6)20-16(11-21)9-17(22-5)10-18(20)24;1-12-7-6-8-13(2)18(12)23-14(3)22(5)19-15(11-20)9-16(21-4)10-17(19)23/h4*7-10,15H,1-4,6H3;6-10,14H,1-3,5H3/t4*15-;14-/m00000/s1. The largest absolute Gasteiger partial charge is 0.352 e. The van der Waals surface area contributed by atoms with Gasteiger partial charge in [-0.1, -0.05) is 60.2 Å². The van der Waals surface area contributed by atoms with Gasteiger partial charge in [-0.2, -0.15) is 26.3 Å². The van der Waals surface area contributed by atoms with Crippen LogP contribution in [0.3, 0.4) is 0 Å². The Balaban J connectivity index is 0.000000146. The molecule has 10 aromatic rings. The SMILES string of the molecule is [C-]#[N+]c1cc(C#N)c2c(c1)N(c1c(C)cc(C)cc1C)[C@@H](C)N2C.[C-]#[N+]c1cc(C#N)c2c(c1)N(c1c(C)ccc(C)c1C)[C@@H](C)N2C.[C-]#[N+]c1cc(C#N)c2c(c1)N(c1c(C)cccc1C)[C@@H](C)N2C.[C-]#[N+]c1cc(C#N)c2c(c1)N(c1cc(C)c(C)cc1C)[C@@H](C)N2C.[C-]#[N+]c1cc(C#N)c2c(c1)N(c1cc(C)cc(C)c1C)[C@@H](C)N2C. The molecule has 119 heavy (non-hydrogen) atoms. The van der Waals surface area contributed by atoms with Gasteiger partial charge in [0.05, 0.1) is 118 Å². The number of para-hydroxylation sites is 1. The maximum absolute atomic E-state index is 9.54. The fourth-order valence-corrected chi connectivity index (χ4v) is 17.5. The van der Waals surface area contributed by atoms with E-state index in [1.165, 1.54) is 83.6 Å². The van der Waals surface area contributed by atoms with E-state index in [1.807, 2.05) is 65.6 Å². The maximum atomic E-state index is 9.54. The molecule has 0 saturated carbocycles. The van der Waals surface area contributed by atoms with Gasteiger partial charge in [0.25, 0.3) is 0 Å². The Morgan fingerprint density at radius 2 is 0.513 bits per heavy atom. The Morgan fingerprint density at radius 3 is 0.849 bits per heavy atom. The highest BCUT2D eigenvalue weighted by molar-refractivity contribution is 5.97. The Morgan fingerprint density at radius 1 is 0.244 bits per heavy atom. The van der Waals surface area contributed by atoms with E-state index in [-0.39, 0.29) is 30.8 Å². The lowest BCUT2D eigenvalue weighted by Gasteiger charge is -2.31. The maximum Gasteiger partial charge on any atom is 0.190 e. The zero-order valence-electron chi connectivity index (χ0n) is 72.5. The van der Waals surface area contributed by atoms with Crippen LogP contribution in [-0.4, -0.2) is 66.1 Å². The van der Waals surface area contributed by atoms with Crippen LogP contribution in [0.2, 0.25) is 0 Å². The molecule has 20 nitrogen and oxygen atoms in total. The summed E-state index contributed by atoms with van der Waals surface area (Å²) in [5.41, 5.74) is 37.2. The molecule has 15 rings (SSSR count). The molecule has 0 N–H and O–H groups in total. The molecule has 0 spiro atoms. The first-order valence-electron chi connectivity index (χ1n) is 39.3. The normalized spacial score (nSPS) is 15.9. The Kier molecular flexibility index (Phi) is 24.2. The van der Waals surface area contributed by atoms with Crippen molar-refractivity contribution in [2.75, 3.05) is 84.2 Å². The van der Waals surface area contributed by atoms with Crippen molar-refractivity contribution in [1.29, 1.82) is 26.3 Å². The van der Waals surface area contributed by atoms with Crippen molar-refractivity contribution in [1.82, 2.24) is 0 Å². The van der Waals surface area contributed by atoms with Crippen LogP contribution in [0.15, 0.2) is 127 Å². The van der Waals surface area contributed by atoms with E-state index < -0.39 is 0 Å². The predicted octanol–water partition coefficient (Wildman–Crippen LogP) is 24.5. The second-order valence-corrected chi connectivity index (χ2v) is 31.6.